The summed E-state index contributed by atoms with van der Waals surface area (Å²) in [6.07, 6.45) is -6.69. The molecule has 2 amide bonds. The zero-order valence-electron chi connectivity index (χ0n) is 19.4. The molecule has 2 rings (SSSR count). The smallest absolute Gasteiger partial charge is 0.426 e. The third-order valence-electron chi connectivity index (χ3n) is 4.28. The van der Waals surface area contributed by atoms with Gasteiger partial charge in [-0.1, -0.05) is 23.2 Å². The number of nitrogens with zero attached hydrogens (tertiary/aromatic N) is 3. The lowest BCUT2D eigenvalue weighted by atomic mass is 10.2. The summed E-state index contributed by atoms with van der Waals surface area (Å²) >= 11 is 11.7. The van der Waals surface area contributed by atoms with Crippen molar-refractivity contribution in [2.75, 3.05) is 5.32 Å². The van der Waals surface area contributed by atoms with E-state index in [4.69, 9.17) is 27.9 Å². The minimum absolute atomic E-state index is 0.0290. The number of halogens is 6. The zero-order valence-corrected chi connectivity index (χ0v) is 21.7. The monoisotopic (exact) mass is 577 g/mol. The number of ether oxygens (including phenoxy) is 1. The second-order valence-corrected chi connectivity index (χ2v) is 10.7. The fourth-order valence-electron chi connectivity index (χ4n) is 2.56. The lowest BCUT2D eigenvalue weighted by Crippen LogP contribution is -2.57. The lowest BCUT2D eigenvalue weighted by molar-refractivity contribution is -0.179. The van der Waals surface area contributed by atoms with E-state index in [1.807, 2.05) is 0 Å². The van der Waals surface area contributed by atoms with Crippen molar-refractivity contribution in [1.82, 2.24) is 19.6 Å². The highest BCUT2D eigenvalue weighted by atomic mass is 35.5. The first-order chi connectivity index (χ1) is 16.2. The molecule has 0 radical (unpaired) electrons. The number of anilines is 1. The highest BCUT2D eigenvalue weighted by molar-refractivity contribution is 7.89. The number of hydrogen-bond donors (Lipinski definition) is 2. The molecule has 10 nitrogen and oxygen atoms in total. The molecule has 1 aromatic carbocycles. The van der Waals surface area contributed by atoms with Crippen LogP contribution in [-0.4, -0.2) is 53.0 Å². The van der Waals surface area contributed by atoms with E-state index in [-0.39, 0.29) is 15.7 Å². The van der Waals surface area contributed by atoms with Gasteiger partial charge in [0, 0.05) is 12.7 Å². The lowest BCUT2D eigenvalue weighted by Gasteiger charge is -2.32. The van der Waals surface area contributed by atoms with Crippen LogP contribution in [0.25, 0.3) is 0 Å². The van der Waals surface area contributed by atoms with Crippen molar-refractivity contribution in [2.45, 2.75) is 50.5 Å². The molecule has 1 heterocycles. The van der Waals surface area contributed by atoms with E-state index >= 15 is 0 Å². The van der Waals surface area contributed by atoms with Gasteiger partial charge in [0.1, 0.15) is 28.2 Å². The molecular formula is C19H21Cl2F4N5O5S. The van der Waals surface area contributed by atoms with Crippen LogP contribution in [0, 0.1) is 5.82 Å². The minimum atomic E-state index is -5.06. The van der Waals surface area contributed by atoms with Crippen molar-refractivity contribution in [1.29, 1.82) is 0 Å². The van der Waals surface area contributed by atoms with Gasteiger partial charge in [0.15, 0.2) is 0 Å². The van der Waals surface area contributed by atoms with Gasteiger partial charge < -0.3 is 10.1 Å². The Bertz CT molecular complexity index is 1280. The van der Waals surface area contributed by atoms with Crippen molar-refractivity contribution in [3.8, 4) is 0 Å². The van der Waals surface area contributed by atoms with Crippen molar-refractivity contribution < 1.29 is 40.3 Å². The predicted octanol–water partition coefficient (Wildman–Crippen LogP) is 4.50. The quantitative estimate of drug-likeness (QED) is 0.385. The van der Waals surface area contributed by atoms with Crippen LogP contribution in [0.2, 0.25) is 10.0 Å². The molecule has 17 heteroatoms. The van der Waals surface area contributed by atoms with Gasteiger partial charge in [-0.15, -0.1) is 4.83 Å². The summed E-state index contributed by atoms with van der Waals surface area (Å²) in [5, 5.41) is 3.53. The normalized spacial score (nSPS) is 13.3. The Labute approximate surface area is 213 Å². The molecule has 0 saturated heterocycles. The van der Waals surface area contributed by atoms with E-state index in [2.05, 4.69) is 10.4 Å². The highest BCUT2D eigenvalue weighted by Gasteiger charge is 2.46. The fourth-order valence-corrected chi connectivity index (χ4v) is 4.43. The van der Waals surface area contributed by atoms with E-state index < -0.39 is 61.4 Å². The maximum Gasteiger partial charge on any atom is 0.426 e. The third kappa shape index (κ3) is 6.99. The molecule has 0 saturated carbocycles. The Morgan fingerprint density at radius 1 is 1.19 bits per heavy atom. The second kappa shape index (κ2) is 10.4. The summed E-state index contributed by atoms with van der Waals surface area (Å²) in [7, 11) is -3.92. The number of alkyl halides is 3. The number of carbonyl (C=O) groups is 2. The first kappa shape index (κ1) is 29.6. The molecule has 0 spiro atoms. The maximum atomic E-state index is 13.4. The molecule has 1 aromatic heterocycles. The second-order valence-electron chi connectivity index (χ2n) is 8.34. The predicted molar refractivity (Wildman–Crippen MR) is 121 cm³/mol. The van der Waals surface area contributed by atoms with E-state index in [1.165, 1.54) is 31.7 Å². The van der Waals surface area contributed by atoms with Gasteiger partial charge in [0.05, 0.1) is 5.02 Å². The standard InChI is InChI=1S/C19H21Cl2F4N5O5S/c1-9(19(23,24)25)30(17(32)35-18(2,3)4)28-36(33,34)16-13(21)14(29(5)27-16)15(31)26-10-6-7-12(22)11(20)8-10/h6-9,28H,1-5H3,(H,26,31). The Hall–Kier alpha value is -2.62. The molecule has 1 unspecified atom stereocenters. The van der Waals surface area contributed by atoms with Crippen LogP contribution in [0.3, 0.4) is 0 Å². The minimum Gasteiger partial charge on any atom is -0.443 e. The number of nitrogens with one attached hydrogen (secondary N) is 2. The van der Waals surface area contributed by atoms with Crippen molar-refractivity contribution in [3.05, 3.63) is 39.8 Å². The van der Waals surface area contributed by atoms with Gasteiger partial charge in [-0.2, -0.15) is 18.3 Å². The van der Waals surface area contributed by atoms with E-state index in [0.29, 0.717) is 6.92 Å². The summed E-state index contributed by atoms with van der Waals surface area (Å²) in [5.41, 5.74) is -1.74. The highest BCUT2D eigenvalue weighted by Crippen LogP contribution is 2.29. The first-order valence-corrected chi connectivity index (χ1v) is 12.1. The van der Waals surface area contributed by atoms with Gasteiger partial charge in [0.25, 0.3) is 15.9 Å². The van der Waals surface area contributed by atoms with Gasteiger partial charge in [-0.25, -0.2) is 22.6 Å². The van der Waals surface area contributed by atoms with Gasteiger partial charge in [-0.05, 0) is 45.9 Å². The van der Waals surface area contributed by atoms with E-state index in [9.17, 15) is 35.6 Å². The largest absolute Gasteiger partial charge is 0.443 e. The maximum absolute atomic E-state index is 13.4. The number of rotatable bonds is 6. The van der Waals surface area contributed by atoms with Gasteiger partial charge in [0.2, 0.25) is 5.03 Å². The summed E-state index contributed by atoms with van der Waals surface area (Å²) in [6, 6.07) is 0.556. The topological polar surface area (TPSA) is 123 Å². The molecule has 2 aromatic rings. The molecule has 200 valence electrons. The average Bonchev–Trinajstić information content (AvgIpc) is 3.01. The van der Waals surface area contributed by atoms with Crippen LogP contribution in [0.4, 0.5) is 28.0 Å². The number of hydrogen-bond acceptors (Lipinski definition) is 6. The van der Waals surface area contributed by atoms with Crippen LogP contribution >= 0.6 is 23.2 Å². The number of aryl methyl sites for hydroxylation is 1. The summed E-state index contributed by atoms with van der Waals surface area (Å²) in [5.74, 6) is -1.75. The molecule has 0 aliphatic carbocycles. The molecule has 1 atom stereocenters. The molecule has 0 aliphatic rings. The van der Waals surface area contributed by atoms with Gasteiger partial charge in [-0.3, -0.25) is 9.48 Å². The molecule has 0 aliphatic heterocycles. The summed E-state index contributed by atoms with van der Waals surface area (Å²) in [4.78, 5) is 26.6. The Kier molecular flexibility index (Phi) is 8.55. The molecule has 0 fully saturated rings. The van der Waals surface area contributed by atoms with Crippen LogP contribution in [0.1, 0.15) is 38.2 Å². The van der Waals surface area contributed by atoms with Crippen LogP contribution in [0.15, 0.2) is 23.2 Å². The Morgan fingerprint density at radius 2 is 1.78 bits per heavy atom. The van der Waals surface area contributed by atoms with Crippen LogP contribution in [-0.2, 0) is 21.8 Å². The summed E-state index contributed by atoms with van der Waals surface area (Å²) < 4.78 is 84.9. The average molecular weight is 578 g/mol. The van der Waals surface area contributed by atoms with Gasteiger partial charge >= 0.3 is 12.3 Å². The molecule has 2 N–H and O–H groups in total. The van der Waals surface area contributed by atoms with Crippen LogP contribution < -0.4 is 10.1 Å². The van der Waals surface area contributed by atoms with Crippen molar-refractivity contribution in [2.24, 2.45) is 7.05 Å². The van der Waals surface area contributed by atoms with Crippen LogP contribution in [0.5, 0.6) is 0 Å². The van der Waals surface area contributed by atoms with E-state index in [0.717, 1.165) is 23.9 Å². The van der Waals surface area contributed by atoms with Crippen molar-refractivity contribution >= 4 is 50.9 Å². The zero-order chi connectivity index (χ0) is 27.8. The number of benzene rings is 1. The first-order valence-electron chi connectivity index (χ1n) is 9.85. The summed E-state index contributed by atoms with van der Waals surface area (Å²) in [6.45, 7) is 4.62. The third-order valence-corrected chi connectivity index (χ3v) is 6.27. The number of hydrazine groups is 1. The molecular weight excluding hydrogens is 557 g/mol. The van der Waals surface area contributed by atoms with E-state index in [1.54, 1.807) is 0 Å². The Morgan fingerprint density at radius 3 is 2.28 bits per heavy atom. The number of carbonyl (C=O) groups excluding carboxylic acids is 2. The SMILES string of the molecule is CC(N(NS(=O)(=O)c1nn(C)c(C(=O)Nc2ccc(F)c(Cl)c2)c1Cl)C(=O)OC(C)(C)C)C(F)(F)F. The number of sulfonamides is 1. The molecule has 0 bridgehead atoms. The number of aromatic nitrogens is 2. The van der Waals surface area contributed by atoms with Crippen molar-refractivity contribution in [3.63, 3.8) is 0 Å². The molecule has 36 heavy (non-hydrogen) atoms. The fraction of sp³-hybridized carbons (Fsp3) is 0.421. The Balaban J connectivity index is 2.43. The number of amides is 2.